The zero-order valence-corrected chi connectivity index (χ0v) is 23.7. The number of benzene rings is 1. The van der Waals surface area contributed by atoms with E-state index in [-0.39, 0.29) is 24.5 Å². The van der Waals surface area contributed by atoms with Crippen LogP contribution in [0.15, 0.2) is 36.8 Å². The van der Waals surface area contributed by atoms with E-state index in [1.807, 2.05) is 45.8 Å². The Bertz CT molecular complexity index is 1700. The molecular weight excluding hydrogens is 545 g/mol. The standard InChI is InChI=1S/C30H31F3N8O/c1-17(2)41-26(18(3)12-35-41)27-34-13-23-29(37-27)39(16-25(42)40(23)21-7-8-21)14-19-6-9-22-20(11-19)5-4-10-38-15-24(30(31,32)33)36-28(22)38/h6,9,11-13,15,17,21H,4-5,7-8,10,14,16H2,1-3H3. The molecule has 218 valence electrons. The first kappa shape index (κ1) is 26.7. The molecule has 1 aromatic carbocycles. The molecule has 0 saturated heterocycles. The number of imidazole rings is 1. The van der Waals surface area contributed by atoms with Crippen molar-refractivity contribution in [2.45, 2.75) is 77.8 Å². The monoisotopic (exact) mass is 576 g/mol. The highest BCUT2D eigenvalue weighted by Crippen LogP contribution is 2.41. The smallest absolute Gasteiger partial charge is 0.341 e. The zero-order chi connectivity index (χ0) is 29.3. The minimum absolute atomic E-state index is 0.0150. The number of carbonyl (C=O) groups excluding carboxylic acids is 1. The molecule has 3 aliphatic rings. The summed E-state index contributed by atoms with van der Waals surface area (Å²) in [4.78, 5) is 30.9. The van der Waals surface area contributed by atoms with E-state index in [9.17, 15) is 18.0 Å². The molecule has 7 rings (SSSR count). The molecule has 0 spiro atoms. The number of aryl methyl sites for hydroxylation is 3. The van der Waals surface area contributed by atoms with Crippen LogP contribution in [-0.2, 0) is 30.5 Å². The Morgan fingerprint density at radius 3 is 2.67 bits per heavy atom. The first-order valence-electron chi connectivity index (χ1n) is 14.3. The molecule has 0 radical (unpaired) electrons. The van der Waals surface area contributed by atoms with Crippen molar-refractivity contribution in [1.29, 1.82) is 0 Å². The van der Waals surface area contributed by atoms with Crippen LogP contribution in [0.5, 0.6) is 0 Å². The summed E-state index contributed by atoms with van der Waals surface area (Å²) in [6.45, 7) is 7.18. The fourth-order valence-corrected chi connectivity index (χ4v) is 6.08. The number of rotatable bonds is 5. The van der Waals surface area contributed by atoms with Gasteiger partial charge in [-0.2, -0.15) is 18.3 Å². The summed E-state index contributed by atoms with van der Waals surface area (Å²) < 4.78 is 43.7. The zero-order valence-electron chi connectivity index (χ0n) is 23.7. The highest BCUT2D eigenvalue weighted by molar-refractivity contribution is 6.03. The SMILES string of the molecule is Cc1cnn(C(C)C)c1-c1ncc2c(n1)N(Cc1ccc3c(c1)CCCn1cc(C(F)(F)F)nc1-3)CC(=O)N2C1CC1. The topological polar surface area (TPSA) is 85.0 Å². The van der Waals surface area contributed by atoms with Crippen LogP contribution in [0.1, 0.15) is 61.5 Å². The van der Waals surface area contributed by atoms with Gasteiger partial charge in [0.15, 0.2) is 17.3 Å². The molecule has 1 amide bonds. The number of fused-ring (bicyclic) bond motifs is 4. The number of hydrogen-bond donors (Lipinski definition) is 0. The molecule has 0 atom stereocenters. The normalized spacial score (nSPS) is 16.9. The Morgan fingerprint density at radius 2 is 1.93 bits per heavy atom. The first-order chi connectivity index (χ1) is 20.1. The van der Waals surface area contributed by atoms with Crippen molar-refractivity contribution in [3.05, 3.63) is 59.2 Å². The summed E-state index contributed by atoms with van der Waals surface area (Å²) in [6.07, 6.45) is 3.53. The van der Waals surface area contributed by atoms with Gasteiger partial charge in [-0.1, -0.05) is 18.2 Å². The van der Waals surface area contributed by atoms with E-state index in [1.165, 1.54) is 0 Å². The van der Waals surface area contributed by atoms with E-state index in [0.717, 1.165) is 47.8 Å². The number of alkyl halides is 3. The van der Waals surface area contributed by atoms with Crippen LogP contribution >= 0.6 is 0 Å². The third-order valence-corrected chi connectivity index (χ3v) is 8.19. The summed E-state index contributed by atoms with van der Waals surface area (Å²) in [5, 5.41) is 4.52. The van der Waals surface area contributed by atoms with Gasteiger partial charge in [-0.3, -0.25) is 9.48 Å². The van der Waals surface area contributed by atoms with Crippen molar-refractivity contribution in [2.75, 3.05) is 16.3 Å². The van der Waals surface area contributed by atoms with Crippen molar-refractivity contribution < 1.29 is 18.0 Å². The van der Waals surface area contributed by atoms with E-state index >= 15 is 0 Å². The second-order valence-electron chi connectivity index (χ2n) is 11.7. The number of amides is 1. The van der Waals surface area contributed by atoms with E-state index < -0.39 is 11.9 Å². The molecule has 2 aliphatic heterocycles. The van der Waals surface area contributed by atoms with E-state index in [0.29, 0.717) is 48.2 Å². The van der Waals surface area contributed by atoms with Gasteiger partial charge >= 0.3 is 6.18 Å². The summed E-state index contributed by atoms with van der Waals surface area (Å²) in [7, 11) is 0. The first-order valence-corrected chi connectivity index (χ1v) is 14.3. The van der Waals surface area contributed by atoms with Gasteiger partial charge in [0.25, 0.3) is 0 Å². The molecule has 12 heteroatoms. The van der Waals surface area contributed by atoms with Crippen LogP contribution in [0.3, 0.4) is 0 Å². The van der Waals surface area contributed by atoms with Crippen LogP contribution in [-0.4, -0.2) is 47.8 Å². The largest absolute Gasteiger partial charge is 0.434 e. The fourth-order valence-electron chi connectivity index (χ4n) is 6.08. The molecule has 1 aliphatic carbocycles. The quantitative estimate of drug-likeness (QED) is 0.309. The molecule has 0 bridgehead atoms. The third-order valence-electron chi connectivity index (χ3n) is 8.19. The van der Waals surface area contributed by atoms with Crippen molar-refractivity contribution >= 4 is 17.4 Å². The summed E-state index contributed by atoms with van der Waals surface area (Å²) >= 11 is 0. The molecule has 42 heavy (non-hydrogen) atoms. The molecule has 3 aromatic heterocycles. The molecule has 0 N–H and O–H groups in total. The van der Waals surface area contributed by atoms with Crippen LogP contribution in [0.4, 0.5) is 24.7 Å². The lowest BCUT2D eigenvalue weighted by Gasteiger charge is -2.36. The number of aromatic nitrogens is 6. The maximum Gasteiger partial charge on any atom is 0.434 e. The van der Waals surface area contributed by atoms with Crippen LogP contribution < -0.4 is 9.80 Å². The molecule has 1 fully saturated rings. The Balaban J connectivity index is 1.26. The number of carbonyl (C=O) groups is 1. The van der Waals surface area contributed by atoms with Gasteiger partial charge < -0.3 is 14.4 Å². The number of halogens is 3. The van der Waals surface area contributed by atoms with E-state index in [1.54, 1.807) is 10.8 Å². The Hall–Kier alpha value is -4.22. The second-order valence-corrected chi connectivity index (χ2v) is 11.7. The van der Waals surface area contributed by atoms with Crippen molar-refractivity contribution in [1.82, 2.24) is 29.3 Å². The Kier molecular flexibility index (Phi) is 6.14. The number of nitrogens with zero attached hydrogens (tertiary/aromatic N) is 8. The molecule has 0 unspecified atom stereocenters. The minimum atomic E-state index is -4.49. The second kappa shape index (κ2) is 9.67. The minimum Gasteiger partial charge on any atom is -0.341 e. The predicted octanol–water partition coefficient (Wildman–Crippen LogP) is 5.57. The van der Waals surface area contributed by atoms with Gasteiger partial charge in [0.1, 0.15) is 17.2 Å². The highest BCUT2D eigenvalue weighted by Gasteiger charge is 2.41. The Morgan fingerprint density at radius 1 is 1.12 bits per heavy atom. The Labute approximate surface area is 241 Å². The number of anilines is 2. The maximum atomic E-state index is 13.4. The molecule has 1 saturated carbocycles. The van der Waals surface area contributed by atoms with Gasteiger partial charge in [0, 0.05) is 36.9 Å². The summed E-state index contributed by atoms with van der Waals surface area (Å²) in [5.41, 5.74) is 4.27. The molecule has 4 aromatic rings. The lowest BCUT2D eigenvalue weighted by atomic mass is 10.00. The van der Waals surface area contributed by atoms with Gasteiger partial charge in [-0.25, -0.2) is 15.0 Å². The maximum absolute atomic E-state index is 13.4. The number of hydrogen-bond acceptors (Lipinski definition) is 6. The van der Waals surface area contributed by atoms with Crippen LogP contribution in [0, 0.1) is 6.92 Å². The van der Waals surface area contributed by atoms with Crippen molar-refractivity contribution in [3.8, 4) is 22.9 Å². The lowest BCUT2D eigenvalue weighted by molar-refractivity contribution is -0.140. The van der Waals surface area contributed by atoms with Crippen molar-refractivity contribution in [3.63, 3.8) is 0 Å². The van der Waals surface area contributed by atoms with Crippen molar-refractivity contribution in [2.24, 2.45) is 0 Å². The fraction of sp³-hybridized carbons (Fsp3) is 0.433. The lowest BCUT2D eigenvalue weighted by Crippen LogP contribution is -2.47. The van der Waals surface area contributed by atoms with Gasteiger partial charge in [-0.15, -0.1) is 0 Å². The predicted molar refractivity (Wildman–Crippen MR) is 151 cm³/mol. The summed E-state index contributed by atoms with van der Waals surface area (Å²) in [5.74, 6) is 1.61. The molecule has 5 heterocycles. The average molecular weight is 577 g/mol. The van der Waals surface area contributed by atoms with Crippen LogP contribution in [0.25, 0.3) is 22.9 Å². The van der Waals surface area contributed by atoms with E-state index in [4.69, 9.17) is 9.97 Å². The molecule has 9 nitrogen and oxygen atoms in total. The molecular formula is C30H31F3N8O. The van der Waals surface area contributed by atoms with Crippen LogP contribution in [0.2, 0.25) is 0 Å². The summed E-state index contributed by atoms with van der Waals surface area (Å²) in [6, 6.07) is 6.09. The highest BCUT2D eigenvalue weighted by atomic mass is 19.4. The van der Waals surface area contributed by atoms with Gasteiger partial charge in [0.05, 0.1) is 18.9 Å². The average Bonchev–Trinajstić information content (AvgIpc) is 3.59. The van der Waals surface area contributed by atoms with Gasteiger partial charge in [0.2, 0.25) is 5.91 Å². The third kappa shape index (κ3) is 4.53. The van der Waals surface area contributed by atoms with Gasteiger partial charge in [-0.05, 0) is 63.1 Å². The van der Waals surface area contributed by atoms with E-state index in [2.05, 4.69) is 23.9 Å².